The van der Waals surface area contributed by atoms with E-state index in [1.807, 2.05) is 126 Å². The molecule has 1 aliphatic rings. The summed E-state index contributed by atoms with van der Waals surface area (Å²) in [7, 11) is 1.93. The Labute approximate surface area is 326 Å². The van der Waals surface area contributed by atoms with Gasteiger partial charge in [-0.2, -0.15) is 36.4 Å². The molecule has 7 aromatic rings. The van der Waals surface area contributed by atoms with Crippen molar-refractivity contribution in [2.75, 3.05) is 7.05 Å². The Morgan fingerprint density at radius 3 is 2.25 bits per heavy atom. The molecule has 0 saturated carbocycles. The predicted octanol–water partition coefficient (Wildman–Crippen LogP) is 8.98. The number of aromatic nitrogens is 2. The molecular weight excluding hydrogens is 995 g/mol. The van der Waals surface area contributed by atoms with Gasteiger partial charge in [0.1, 0.15) is 5.69 Å². The summed E-state index contributed by atoms with van der Waals surface area (Å²) in [4.78, 5) is 4.63. The molecule has 0 amide bonds. The molecule has 0 fully saturated rings. The van der Waals surface area contributed by atoms with Gasteiger partial charge in [0, 0.05) is 35.4 Å². The van der Waals surface area contributed by atoms with Crippen LogP contribution in [0.25, 0.3) is 33.2 Å². The van der Waals surface area contributed by atoms with Gasteiger partial charge in [-0.25, -0.2) is 24.2 Å². The van der Waals surface area contributed by atoms with Crippen LogP contribution in [0.1, 0.15) is 0 Å². The average molecular weight is 1020 g/mol. The zero-order chi connectivity index (χ0) is 33.4. The molecule has 248 valence electrons. The fourth-order valence-electron chi connectivity index (χ4n) is 5.04. The van der Waals surface area contributed by atoms with Crippen LogP contribution in [-0.4, -0.2) is 31.8 Å². The van der Waals surface area contributed by atoms with Crippen molar-refractivity contribution in [1.82, 2.24) is 9.55 Å². The maximum absolute atomic E-state index is 6.57. The number of para-hydroxylation sites is 1. The Balaban J connectivity index is 0.000000503. The molecule has 0 radical (unpaired) electrons. The van der Waals surface area contributed by atoms with E-state index in [-0.39, 0.29) is 42.1 Å². The van der Waals surface area contributed by atoms with Gasteiger partial charge in [-0.1, -0.05) is 74.3 Å². The zero-order valence-electron chi connectivity index (χ0n) is 27.0. The van der Waals surface area contributed by atoms with Gasteiger partial charge in [0.25, 0.3) is 6.20 Å². The number of ether oxygens (including phenoxy) is 2. The first kappa shape index (κ1) is 36.7. The minimum absolute atomic E-state index is 0. The average Bonchev–Trinajstić information content (AvgIpc) is 3.85. The Bertz CT molecular complexity index is 2410. The van der Waals surface area contributed by atoms with Crippen molar-refractivity contribution < 1.29 is 60.8 Å². The van der Waals surface area contributed by atoms with E-state index in [1.54, 1.807) is 23.2 Å². The standard InChI is InChI=1S/C37H22N3O2.C6H4N.2Pt/c1-39-19-20-40(26-39)31-11-8-15-34(25-31)42-37-24-30(21-29-9-5-6-16-35(29)37)36-23-28(17-18-38-36)27-10-7-14-33(22-27)41-32-12-3-2-4-13-32;1-2-7-5-3-4-6-7;;/h2-12,14-16,18-21,23H,1H3;3-6H;;/q-3;-1;+2;+4. The van der Waals surface area contributed by atoms with Crippen LogP contribution in [-0.2, 0) is 42.1 Å². The minimum atomic E-state index is 0. The maximum Gasteiger partial charge on any atom is 4.00 e. The van der Waals surface area contributed by atoms with Gasteiger partial charge in [-0.15, -0.1) is 35.9 Å². The summed E-state index contributed by atoms with van der Waals surface area (Å²) in [5.74, 6) is 2.40. The first-order chi connectivity index (χ1) is 24.1. The second-order valence-electron chi connectivity index (χ2n) is 10.8. The number of hydrogen-bond donors (Lipinski definition) is 0. The second kappa shape index (κ2) is 17.4. The second-order valence-corrected chi connectivity index (χ2v) is 10.8. The van der Waals surface area contributed by atoms with E-state index in [9.17, 15) is 0 Å². The fourth-order valence-corrected chi connectivity index (χ4v) is 5.04. The van der Waals surface area contributed by atoms with Crippen LogP contribution in [0.3, 0.4) is 0 Å². The molecule has 51 heavy (non-hydrogen) atoms. The number of benzene rings is 5. The van der Waals surface area contributed by atoms with Crippen LogP contribution < -0.4 is 9.47 Å². The molecule has 5 aromatic carbocycles. The molecule has 2 aromatic heterocycles. The molecule has 6 nitrogen and oxygen atoms in total. The summed E-state index contributed by atoms with van der Waals surface area (Å²) in [6.07, 6.45) is 15.6. The van der Waals surface area contributed by atoms with E-state index in [0.717, 1.165) is 38.8 Å². The van der Waals surface area contributed by atoms with Crippen LogP contribution in [0.4, 0.5) is 5.69 Å². The van der Waals surface area contributed by atoms with E-state index < -0.39 is 0 Å². The Morgan fingerprint density at radius 2 is 1.51 bits per heavy atom. The van der Waals surface area contributed by atoms with E-state index >= 15 is 0 Å². The molecule has 8 heteroatoms. The third-order valence-corrected chi connectivity index (χ3v) is 7.36. The SMILES string of the molecule is C[N+]1=C=[N+](c2[c-]c(Oc3[c-]c(-c4cc(-c5[c-]c(Oc6[c-]cccc6)ccc5)[c-]cn4)cc4ccccc34)ccc2)C=C1.[C-]#Cn1cccc1.[Pt+2].[Pt+4]. The monoisotopic (exact) mass is 1020 g/mol. The molecule has 1 aliphatic heterocycles. The van der Waals surface area contributed by atoms with Crippen LogP contribution in [0.15, 0.2) is 140 Å². The van der Waals surface area contributed by atoms with Crippen molar-refractivity contribution in [3.63, 3.8) is 0 Å². The third-order valence-electron chi connectivity index (χ3n) is 7.36. The molecule has 0 aliphatic carbocycles. The summed E-state index contributed by atoms with van der Waals surface area (Å²) in [6.45, 7) is 0. The molecule has 3 heterocycles. The molecular formula is C43H26N4O2Pt2+2. The van der Waals surface area contributed by atoms with Gasteiger partial charge in [-0.05, 0) is 12.1 Å². The van der Waals surface area contributed by atoms with E-state index in [0.29, 0.717) is 23.0 Å². The van der Waals surface area contributed by atoms with Crippen LogP contribution in [0, 0.1) is 42.8 Å². The van der Waals surface area contributed by atoms with E-state index in [2.05, 4.69) is 59.5 Å². The van der Waals surface area contributed by atoms with Gasteiger partial charge in [-0.3, -0.25) is 11.1 Å². The van der Waals surface area contributed by atoms with Crippen molar-refractivity contribution in [2.24, 2.45) is 0 Å². The van der Waals surface area contributed by atoms with Gasteiger partial charge in [0.2, 0.25) is 6.20 Å². The smallest absolute Gasteiger partial charge is 0.669 e. The third kappa shape index (κ3) is 9.17. The van der Waals surface area contributed by atoms with Crippen LogP contribution >= 0.6 is 0 Å². The molecule has 0 saturated heterocycles. The van der Waals surface area contributed by atoms with E-state index in [4.69, 9.17) is 15.9 Å². The summed E-state index contributed by atoms with van der Waals surface area (Å²) >= 11 is 0. The first-order valence-electron chi connectivity index (χ1n) is 15.3. The normalized spacial score (nSPS) is 11.1. The largest absolute Gasteiger partial charge is 4.00 e. The van der Waals surface area contributed by atoms with Crippen LogP contribution in [0.5, 0.6) is 23.0 Å². The maximum atomic E-state index is 6.57. The molecule has 0 spiro atoms. The van der Waals surface area contributed by atoms with Crippen molar-refractivity contribution in [3.8, 4) is 51.4 Å². The zero-order valence-corrected chi connectivity index (χ0v) is 31.6. The Kier molecular flexibility index (Phi) is 12.5. The van der Waals surface area contributed by atoms with Gasteiger partial charge < -0.3 is 25.4 Å². The number of rotatable bonds is 7. The van der Waals surface area contributed by atoms with Crippen molar-refractivity contribution in [1.29, 1.82) is 0 Å². The summed E-state index contributed by atoms with van der Waals surface area (Å²) in [5.41, 5.74) is 4.04. The number of fused-ring (bicyclic) bond motifs is 1. The van der Waals surface area contributed by atoms with Gasteiger partial charge >= 0.3 is 48.1 Å². The number of hydrogen-bond acceptors (Lipinski definition) is 3. The number of pyridine rings is 1. The topological polar surface area (TPSA) is 42.3 Å². The minimum Gasteiger partial charge on any atom is -0.669 e. The molecule has 8 rings (SSSR count). The van der Waals surface area contributed by atoms with Crippen molar-refractivity contribution in [3.05, 3.63) is 177 Å². The predicted molar refractivity (Wildman–Crippen MR) is 187 cm³/mol. The molecule has 0 atom stereocenters. The van der Waals surface area contributed by atoms with Crippen LogP contribution in [0.2, 0.25) is 0 Å². The molecule has 0 N–H and O–H groups in total. The quantitative estimate of drug-likeness (QED) is 0.0911. The first-order valence-corrected chi connectivity index (χ1v) is 15.3. The van der Waals surface area contributed by atoms with Gasteiger partial charge in [0.15, 0.2) is 7.05 Å². The summed E-state index contributed by atoms with van der Waals surface area (Å²) in [5, 5.41) is 1.96. The van der Waals surface area contributed by atoms with Crippen molar-refractivity contribution in [2.45, 2.75) is 0 Å². The van der Waals surface area contributed by atoms with Crippen molar-refractivity contribution >= 4 is 22.5 Å². The Morgan fingerprint density at radius 1 is 0.745 bits per heavy atom. The van der Waals surface area contributed by atoms with E-state index in [1.165, 1.54) is 0 Å². The number of nitrogens with zero attached hydrogens (tertiary/aromatic N) is 4. The molecule has 0 unspecified atom stereocenters. The molecule has 0 bridgehead atoms. The Hall–Kier alpha value is -5.55. The fraction of sp³-hybridized carbons (Fsp3) is 0.0233. The summed E-state index contributed by atoms with van der Waals surface area (Å²) in [6, 6.07) is 56.7. The summed E-state index contributed by atoms with van der Waals surface area (Å²) < 4.78 is 17.6. The van der Waals surface area contributed by atoms with Gasteiger partial charge in [0.05, 0.1) is 0 Å².